The monoisotopic (exact) mass is 385 g/mol. The molecule has 0 aliphatic heterocycles. The fourth-order valence-electron chi connectivity index (χ4n) is 3.05. The predicted octanol–water partition coefficient (Wildman–Crippen LogP) is 4.41. The predicted molar refractivity (Wildman–Crippen MR) is 112 cm³/mol. The Morgan fingerprint density at radius 1 is 0.862 bits per heavy atom. The summed E-state index contributed by atoms with van der Waals surface area (Å²) in [7, 11) is 0. The molecule has 5 heteroatoms. The van der Waals surface area contributed by atoms with Gasteiger partial charge in [-0.2, -0.15) is 0 Å². The van der Waals surface area contributed by atoms with Gasteiger partial charge in [-0.05, 0) is 35.9 Å². The molecule has 4 aromatic rings. The second-order valence-corrected chi connectivity index (χ2v) is 6.54. The number of hydrogen-bond donors (Lipinski definition) is 0. The minimum atomic E-state index is -0.427. The Morgan fingerprint density at radius 3 is 2.31 bits per heavy atom. The van der Waals surface area contributed by atoms with Gasteiger partial charge in [0.15, 0.2) is 6.61 Å². The zero-order valence-electron chi connectivity index (χ0n) is 15.7. The smallest absolute Gasteiger partial charge is 0.336 e. The Kier molecular flexibility index (Phi) is 5.38. The molecule has 0 spiro atoms. The molecule has 1 heterocycles. The van der Waals surface area contributed by atoms with Gasteiger partial charge in [0, 0.05) is 23.2 Å². The topological polar surface area (TPSA) is 59.8 Å². The second kappa shape index (κ2) is 8.44. The summed E-state index contributed by atoms with van der Waals surface area (Å²) < 4.78 is 10.9. The first-order valence-electron chi connectivity index (χ1n) is 9.25. The number of para-hydroxylation sites is 1. The van der Waals surface area contributed by atoms with Crippen LogP contribution in [-0.4, -0.2) is 12.5 Å². The van der Waals surface area contributed by atoms with Crippen LogP contribution in [0.3, 0.4) is 0 Å². The highest BCUT2D eigenvalue weighted by Gasteiger charge is 2.17. The third-order valence-electron chi connectivity index (χ3n) is 4.51. The zero-order chi connectivity index (χ0) is 20.1. The van der Waals surface area contributed by atoms with Crippen molar-refractivity contribution >= 4 is 22.6 Å². The van der Waals surface area contributed by atoms with E-state index in [4.69, 9.17) is 9.15 Å². The largest absolute Gasteiger partial charge is 0.484 e. The molecule has 0 atom stereocenters. The summed E-state index contributed by atoms with van der Waals surface area (Å²) in [5.41, 5.74) is 1.82. The van der Waals surface area contributed by atoms with Crippen LogP contribution in [0.25, 0.3) is 11.0 Å². The number of amides is 1. The van der Waals surface area contributed by atoms with E-state index in [9.17, 15) is 9.59 Å². The third-order valence-corrected chi connectivity index (χ3v) is 4.51. The maximum Gasteiger partial charge on any atom is 0.336 e. The first-order valence-corrected chi connectivity index (χ1v) is 9.25. The van der Waals surface area contributed by atoms with Crippen LogP contribution in [0.2, 0.25) is 0 Å². The highest BCUT2D eigenvalue weighted by molar-refractivity contribution is 5.94. The van der Waals surface area contributed by atoms with Gasteiger partial charge < -0.3 is 14.1 Å². The highest BCUT2D eigenvalue weighted by atomic mass is 16.5. The first kappa shape index (κ1) is 18.5. The molecule has 0 N–H and O–H groups in total. The van der Waals surface area contributed by atoms with Crippen LogP contribution in [0.4, 0.5) is 5.69 Å². The molecule has 144 valence electrons. The maximum absolute atomic E-state index is 13.0. The average molecular weight is 385 g/mol. The summed E-state index contributed by atoms with van der Waals surface area (Å²) in [6, 6.07) is 27.5. The third kappa shape index (κ3) is 4.52. The van der Waals surface area contributed by atoms with Crippen LogP contribution in [-0.2, 0) is 11.3 Å². The van der Waals surface area contributed by atoms with Gasteiger partial charge in [0.25, 0.3) is 5.91 Å². The summed E-state index contributed by atoms with van der Waals surface area (Å²) in [5.74, 6) is 0.294. The number of carbonyl (C=O) groups excluding carboxylic acids is 1. The highest BCUT2D eigenvalue weighted by Crippen LogP contribution is 2.21. The Morgan fingerprint density at radius 2 is 1.55 bits per heavy atom. The van der Waals surface area contributed by atoms with Crippen molar-refractivity contribution in [3.8, 4) is 5.75 Å². The van der Waals surface area contributed by atoms with Crippen LogP contribution in [0.15, 0.2) is 100 Å². The maximum atomic E-state index is 13.0. The number of benzene rings is 3. The van der Waals surface area contributed by atoms with E-state index < -0.39 is 5.63 Å². The Balaban J connectivity index is 1.52. The van der Waals surface area contributed by atoms with E-state index in [2.05, 4.69) is 0 Å². The van der Waals surface area contributed by atoms with Crippen molar-refractivity contribution in [3.63, 3.8) is 0 Å². The molecule has 1 amide bonds. The minimum Gasteiger partial charge on any atom is -0.484 e. The Bertz CT molecular complexity index is 1170. The molecular formula is C24H19NO4. The lowest BCUT2D eigenvalue weighted by Gasteiger charge is -2.23. The summed E-state index contributed by atoms with van der Waals surface area (Å²) in [6.07, 6.45) is 0. The standard InChI is InChI=1S/C24H19NO4/c26-23(17-28-21-13-11-19-12-14-24(27)29-22(19)15-21)25(20-9-5-2-6-10-20)16-18-7-3-1-4-8-18/h1-15H,16-17H2. The summed E-state index contributed by atoms with van der Waals surface area (Å²) in [6.45, 7) is 0.309. The van der Waals surface area contributed by atoms with Crippen molar-refractivity contribution in [2.75, 3.05) is 11.5 Å². The second-order valence-electron chi connectivity index (χ2n) is 6.54. The molecule has 5 nitrogen and oxygen atoms in total. The molecule has 0 unspecified atom stereocenters. The molecule has 1 aromatic heterocycles. The van der Waals surface area contributed by atoms with Gasteiger partial charge in [0.05, 0.1) is 6.54 Å². The van der Waals surface area contributed by atoms with E-state index in [1.165, 1.54) is 6.07 Å². The number of nitrogens with zero attached hydrogens (tertiary/aromatic N) is 1. The molecular weight excluding hydrogens is 366 g/mol. The van der Waals surface area contributed by atoms with E-state index in [0.29, 0.717) is 17.9 Å². The summed E-state index contributed by atoms with van der Waals surface area (Å²) >= 11 is 0. The van der Waals surface area contributed by atoms with Crippen LogP contribution in [0, 0.1) is 0 Å². The van der Waals surface area contributed by atoms with E-state index in [1.807, 2.05) is 60.7 Å². The van der Waals surface area contributed by atoms with Crippen molar-refractivity contribution in [1.29, 1.82) is 0 Å². The van der Waals surface area contributed by atoms with Gasteiger partial charge in [0.2, 0.25) is 0 Å². The van der Waals surface area contributed by atoms with Crippen molar-refractivity contribution < 1.29 is 13.9 Å². The van der Waals surface area contributed by atoms with Gasteiger partial charge in [0.1, 0.15) is 11.3 Å². The molecule has 0 saturated carbocycles. The van der Waals surface area contributed by atoms with Crippen molar-refractivity contribution in [1.82, 2.24) is 0 Å². The molecule has 0 bridgehead atoms. The molecule has 0 fully saturated rings. The van der Waals surface area contributed by atoms with Crippen molar-refractivity contribution in [2.45, 2.75) is 6.54 Å². The number of hydrogen-bond acceptors (Lipinski definition) is 4. The van der Waals surface area contributed by atoms with E-state index >= 15 is 0 Å². The number of fused-ring (bicyclic) bond motifs is 1. The lowest BCUT2D eigenvalue weighted by molar-refractivity contribution is -0.120. The SMILES string of the molecule is O=C(COc1ccc2ccc(=O)oc2c1)N(Cc1ccccc1)c1ccccc1. The molecule has 0 aliphatic rings. The van der Waals surface area contributed by atoms with E-state index in [1.54, 1.807) is 29.2 Å². The van der Waals surface area contributed by atoms with Gasteiger partial charge in [-0.15, -0.1) is 0 Å². The lowest BCUT2D eigenvalue weighted by Crippen LogP contribution is -2.34. The summed E-state index contributed by atoms with van der Waals surface area (Å²) in [4.78, 5) is 26.1. The van der Waals surface area contributed by atoms with Crippen LogP contribution in [0.5, 0.6) is 5.75 Å². The summed E-state index contributed by atoms with van der Waals surface area (Å²) in [5, 5.41) is 0.790. The van der Waals surface area contributed by atoms with Crippen LogP contribution < -0.4 is 15.3 Å². The van der Waals surface area contributed by atoms with Crippen molar-refractivity contribution in [2.24, 2.45) is 0 Å². The number of anilines is 1. The first-order chi connectivity index (χ1) is 14.2. The fraction of sp³-hybridized carbons (Fsp3) is 0.0833. The molecule has 0 aliphatic carbocycles. The quantitative estimate of drug-likeness (QED) is 0.462. The Labute approximate surface area is 167 Å². The lowest BCUT2D eigenvalue weighted by atomic mass is 10.2. The van der Waals surface area contributed by atoms with Crippen molar-refractivity contribution in [3.05, 3.63) is 107 Å². The van der Waals surface area contributed by atoms with Gasteiger partial charge >= 0.3 is 5.63 Å². The Hall–Kier alpha value is -3.86. The zero-order valence-corrected chi connectivity index (χ0v) is 15.7. The molecule has 0 radical (unpaired) electrons. The molecule has 3 aromatic carbocycles. The van der Waals surface area contributed by atoms with Gasteiger partial charge in [-0.25, -0.2) is 4.79 Å². The minimum absolute atomic E-state index is 0.135. The fourth-order valence-corrected chi connectivity index (χ4v) is 3.05. The van der Waals surface area contributed by atoms with Crippen LogP contribution in [0.1, 0.15) is 5.56 Å². The number of carbonyl (C=O) groups is 1. The van der Waals surface area contributed by atoms with E-state index in [-0.39, 0.29) is 12.5 Å². The average Bonchev–Trinajstić information content (AvgIpc) is 2.77. The van der Waals surface area contributed by atoms with Gasteiger partial charge in [-0.3, -0.25) is 4.79 Å². The number of ether oxygens (including phenoxy) is 1. The van der Waals surface area contributed by atoms with E-state index in [0.717, 1.165) is 16.6 Å². The molecule has 0 saturated heterocycles. The van der Waals surface area contributed by atoms with Crippen LogP contribution >= 0.6 is 0 Å². The molecule has 4 rings (SSSR count). The molecule has 29 heavy (non-hydrogen) atoms. The van der Waals surface area contributed by atoms with Gasteiger partial charge in [-0.1, -0.05) is 48.5 Å². The number of rotatable bonds is 6. The normalized spacial score (nSPS) is 10.6.